The van der Waals surface area contributed by atoms with Crippen molar-refractivity contribution in [2.75, 3.05) is 6.61 Å². The Morgan fingerprint density at radius 3 is 2.73 bits per heavy atom. The summed E-state index contributed by atoms with van der Waals surface area (Å²) in [5, 5.41) is 0. The predicted octanol–water partition coefficient (Wildman–Crippen LogP) is 4.55. The average Bonchev–Trinajstić information content (AvgIpc) is 3.25. The summed E-state index contributed by atoms with van der Waals surface area (Å²) in [6.07, 6.45) is 13.1. The van der Waals surface area contributed by atoms with E-state index in [1.54, 1.807) is 0 Å². The Bertz CT molecular complexity index is 694. The molecule has 2 aromatic heterocycles. The number of imidazole rings is 1. The zero-order valence-electron chi connectivity index (χ0n) is 12.6. The van der Waals surface area contributed by atoms with Gasteiger partial charge in [0.1, 0.15) is 11.4 Å². The smallest absolute Gasteiger partial charge is 0.140 e. The fraction of sp³-hybridized carbons (Fsp3) is 0.611. The van der Waals surface area contributed by atoms with Crippen molar-refractivity contribution in [2.24, 2.45) is 29.6 Å². The zero-order valence-corrected chi connectivity index (χ0v) is 14.2. The lowest BCUT2D eigenvalue weighted by molar-refractivity contribution is 0.238. The SMILES string of the molecule is Brc1cn2ccnc2cc1OCC1CC2C3CCC(C3)C2C1. The first-order valence-corrected chi connectivity index (χ1v) is 9.32. The highest BCUT2D eigenvalue weighted by molar-refractivity contribution is 9.10. The second-order valence-electron chi connectivity index (χ2n) is 7.49. The molecule has 3 nitrogen and oxygen atoms in total. The van der Waals surface area contributed by atoms with Gasteiger partial charge in [0.05, 0.1) is 11.1 Å². The summed E-state index contributed by atoms with van der Waals surface area (Å²) in [5.74, 6) is 5.82. The Morgan fingerprint density at radius 2 is 1.95 bits per heavy atom. The number of aromatic nitrogens is 2. The molecule has 0 aromatic carbocycles. The Labute approximate surface area is 139 Å². The monoisotopic (exact) mass is 360 g/mol. The van der Waals surface area contributed by atoms with Crippen molar-refractivity contribution in [3.8, 4) is 5.75 Å². The quantitative estimate of drug-likeness (QED) is 0.802. The lowest BCUT2D eigenvalue weighted by atomic mass is 9.82. The van der Waals surface area contributed by atoms with Gasteiger partial charge in [0.25, 0.3) is 0 Å². The number of fused-ring (bicyclic) bond motifs is 6. The molecule has 3 aliphatic rings. The molecule has 0 N–H and O–H groups in total. The van der Waals surface area contributed by atoms with Gasteiger partial charge in [-0.3, -0.25) is 0 Å². The first-order valence-electron chi connectivity index (χ1n) is 8.53. The number of halogens is 1. The van der Waals surface area contributed by atoms with Crippen LogP contribution in [-0.2, 0) is 0 Å². The minimum absolute atomic E-state index is 0.751. The third-order valence-electron chi connectivity index (χ3n) is 6.41. The minimum atomic E-state index is 0.751. The van der Waals surface area contributed by atoms with Crippen LogP contribution in [0.3, 0.4) is 0 Å². The number of hydrogen-bond donors (Lipinski definition) is 0. The van der Waals surface area contributed by atoms with E-state index in [1.807, 2.05) is 29.1 Å². The highest BCUT2D eigenvalue weighted by Crippen LogP contribution is 2.60. The van der Waals surface area contributed by atoms with Gasteiger partial charge in [0.2, 0.25) is 0 Å². The molecule has 3 aliphatic carbocycles. The molecule has 22 heavy (non-hydrogen) atoms. The number of pyridine rings is 1. The number of ether oxygens (including phenoxy) is 1. The van der Waals surface area contributed by atoms with Crippen LogP contribution in [-0.4, -0.2) is 16.0 Å². The van der Waals surface area contributed by atoms with Crippen LogP contribution in [0, 0.1) is 29.6 Å². The van der Waals surface area contributed by atoms with E-state index in [1.165, 1.54) is 32.1 Å². The van der Waals surface area contributed by atoms with Crippen LogP contribution in [0.15, 0.2) is 29.1 Å². The summed E-state index contributed by atoms with van der Waals surface area (Å²) >= 11 is 3.62. The predicted molar refractivity (Wildman–Crippen MR) is 88.9 cm³/mol. The van der Waals surface area contributed by atoms with Crippen LogP contribution in [0.1, 0.15) is 32.1 Å². The Balaban J connectivity index is 1.28. The van der Waals surface area contributed by atoms with E-state index in [2.05, 4.69) is 20.9 Å². The molecule has 2 aromatic rings. The maximum atomic E-state index is 6.15. The van der Waals surface area contributed by atoms with Gasteiger partial charge in [-0.25, -0.2) is 4.98 Å². The van der Waals surface area contributed by atoms with Gasteiger partial charge in [-0.2, -0.15) is 0 Å². The first kappa shape index (κ1) is 13.4. The Hall–Kier alpha value is -1.03. The second-order valence-corrected chi connectivity index (χ2v) is 8.34. The van der Waals surface area contributed by atoms with E-state index in [4.69, 9.17) is 4.74 Å². The van der Waals surface area contributed by atoms with Crippen LogP contribution in [0.2, 0.25) is 0 Å². The fourth-order valence-electron chi connectivity index (χ4n) is 5.50. The largest absolute Gasteiger partial charge is 0.492 e. The highest BCUT2D eigenvalue weighted by atomic mass is 79.9. The van der Waals surface area contributed by atoms with Gasteiger partial charge >= 0.3 is 0 Å². The summed E-state index contributed by atoms with van der Waals surface area (Å²) in [6.45, 7) is 0.863. The van der Waals surface area contributed by atoms with E-state index in [9.17, 15) is 0 Å². The van der Waals surface area contributed by atoms with Crippen LogP contribution >= 0.6 is 15.9 Å². The van der Waals surface area contributed by atoms with Crippen molar-refractivity contribution in [3.63, 3.8) is 0 Å². The van der Waals surface area contributed by atoms with Crippen LogP contribution < -0.4 is 4.74 Å². The van der Waals surface area contributed by atoms with Crippen molar-refractivity contribution in [1.82, 2.24) is 9.38 Å². The molecule has 4 unspecified atom stereocenters. The van der Waals surface area contributed by atoms with Gasteiger partial charge in [-0.05, 0) is 77.6 Å². The Morgan fingerprint density at radius 1 is 1.18 bits per heavy atom. The second kappa shape index (κ2) is 4.98. The van der Waals surface area contributed by atoms with E-state index in [-0.39, 0.29) is 0 Å². The summed E-state index contributed by atoms with van der Waals surface area (Å²) in [5.41, 5.74) is 0.944. The first-order chi connectivity index (χ1) is 10.8. The van der Waals surface area contributed by atoms with Crippen molar-refractivity contribution < 1.29 is 4.74 Å². The summed E-state index contributed by atoms with van der Waals surface area (Å²) in [4.78, 5) is 4.34. The van der Waals surface area contributed by atoms with Gasteiger partial charge in [0, 0.05) is 24.7 Å². The average molecular weight is 361 g/mol. The maximum absolute atomic E-state index is 6.15. The lowest BCUT2D eigenvalue weighted by Gasteiger charge is -2.23. The Kier molecular flexibility index (Phi) is 3.04. The number of hydrogen-bond acceptors (Lipinski definition) is 2. The van der Waals surface area contributed by atoms with Gasteiger partial charge in [-0.15, -0.1) is 0 Å². The molecule has 4 atom stereocenters. The fourth-order valence-corrected chi connectivity index (χ4v) is 5.95. The van der Waals surface area contributed by atoms with Crippen LogP contribution in [0.5, 0.6) is 5.75 Å². The third kappa shape index (κ3) is 2.03. The van der Waals surface area contributed by atoms with Crippen LogP contribution in [0.25, 0.3) is 5.65 Å². The molecule has 0 saturated heterocycles. The molecule has 2 heterocycles. The van der Waals surface area contributed by atoms with E-state index < -0.39 is 0 Å². The summed E-state index contributed by atoms with van der Waals surface area (Å²) < 4.78 is 9.17. The molecule has 3 saturated carbocycles. The van der Waals surface area contributed by atoms with Crippen molar-refractivity contribution in [2.45, 2.75) is 32.1 Å². The van der Waals surface area contributed by atoms with Crippen molar-refractivity contribution in [3.05, 3.63) is 29.1 Å². The van der Waals surface area contributed by atoms with Gasteiger partial charge in [-0.1, -0.05) is 0 Å². The third-order valence-corrected chi connectivity index (χ3v) is 7.00. The van der Waals surface area contributed by atoms with Gasteiger partial charge < -0.3 is 9.14 Å². The summed E-state index contributed by atoms with van der Waals surface area (Å²) in [6, 6.07) is 2.03. The molecule has 4 heteroatoms. The molecular weight excluding hydrogens is 340 g/mol. The minimum Gasteiger partial charge on any atom is -0.492 e. The van der Waals surface area contributed by atoms with Crippen molar-refractivity contribution in [1.29, 1.82) is 0 Å². The lowest BCUT2D eigenvalue weighted by Crippen LogP contribution is -2.15. The molecule has 0 amide bonds. The molecule has 0 spiro atoms. The molecule has 116 valence electrons. The number of rotatable bonds is 3. The van der Waals surface area contributed by atoms with E-state index in [0.29, 0.717) is 0 Å². The van der Waals surface area contributed by atoms with Gasteiger partial charge in [0.15, 0.2) is 0 Å². The molecular formula is C18H21BrN2O. The normalized spacial score (nSPS) is 36.1. The zero-order chi connectivity index (χ0) is 14.7. The standard InChI is InChI=1S/C18H21BrN2O/c19-16-9-21-4-3-20-18(21)8-17(16)22-10-11-5-14-12-1-2-13(7-12)15(14)6-11/h3-4,8-9,11-15H,1-2,5-7,10H2. The van der Waals surface area contributed by atoms with E-state index >= 15 is 0 Å². The number of nitrogens with zero attached hydrogens (tertiary/aromatic N) is 2. The summed E-state index contributed by atoms with van der Waals surface area (Å²) in [7, 11) is 0. The maximum Gasteiger partial charge on any atom is 0.140 e. The highest BCUT2D eigenvalue weighted by Gasteiger charge is 2.51. The molecule has 3 fully saturated rings. The van der Waals surface area contributed by atoms with Crippen LogP contribution in [0.4, 0.5) is 0 Å². The molecule has 0 radical (unpaired) electrons. The molecule has 0 aliphatic heterocycles. The molecule has 5 rings (SSSR count). The van der Waals surface area contributed by atoms with E-state index in [0.717, 1.165) is 52.1 Å². The molecule has 2 bridgehead atoms. The van der Waals surface area contributed by atoms with Crippen molar-refractivity contribution >= 4 is 21.6 Å². The topological polar surface area (TPSA) is 26.5 Å².